The predicted molar refractivity (Wildman–Crippen MR) is 93.6 cm³/mol. The lowest BCUT2D eigenvalue weighted by molar-refractivity contribution is 0.186. The summed E-state index contributed by atoms with van der Waals surface area (Å²) < 4.78 is 5.14. The third kappa shape index (κ3) is 5.05. The molecule has 2 aromatic rings. The number of aromatic nitrogens is 1. The minimum absolute atomic E-state index is 0.296. The third-order valence-corrected chi connectivity index (χ3v) is 3.81. The quantitative estimate of drug-likeness (QED) is 0.819. The van der Waals surface area contributed by atoms with Gasteiger partial charge in [0.2, 0.25) is 0 Å². The molecular weight excluding hydrogens is 312 g/mol. The zero-order chi connectivity index (χ0) is 16.8. The molecule has 1 aromatic heterocycles. The molecule has 0 radical (unpaired) electrons. The number of aliphatic hydroxyl groups is 1. The lowest BCUT2D eigenvalue weighted by atomic mass is 10.1. The third-order valence-electron chi connectivity index (χ3n) is 3.60. The van der Waals surface area contributed by atoms with E-state index in [0.717, 1.165) is 34.7 Å². The molecule has 0 fully saturated rings. The zero-order valence-electron chi connectivity index (χ0n) is 13.6. The van der Waals surface area contributed by atoms with E-state index < -0.39 is 6.10 Å². The fourth-order valence-electron chi connectivity index (χ4n) is 2.30. The summed E-state index contributed by atoms with van der Waals surface area (Å²) in [5.41, 5.74) is 3.60. The number of ether oxygens (including phenoxy) is 1. The van der Waals surface area contributed by atoms with Crippen LogP contribution < -0.4 is 4.74 Å². The number of aliphatic hydroxyl groups excluding tert-OH is 1. The van der Waals surface area contributed by atoms with Crippen LogP contribution in [0.3, 0.4) is 0 Å². The smallest absolute Gasteiger partial charge is 0.118 e. The molecule has 1 atom stereocenters. The first-order valence-corrected chi connectivity index (χ1v) is 7.80. The maximum atomic E-state index is 10.3. The van der Waals surface area contributed by atoms with Crippen molar-refractivity contribution in [3.8, 4) is 5.75 Å². The zero-order valence-corrected chi connectivity index (χ0v) is 14.3. The van der Waals surface area contributed by atoms with Gasteiger partial charge in [-0.15, -0.1) is 0 Å². The summed E-state index contributed by atoms with van der Waals surface area (Å²) in [4.78, 5) is 8.63. The molecule has 2 rings (SSSR count). The van der Waals surface area contributed by atoms with Gasteiger partial charge in [-0.25, -0.2) is 0 Å². The van der Waals surface area contributed by atoms with Gasteiger partial charge in [0.05, 0.1) is 18.7 Å². The summed E-state index contributed by atoms with van der Waals surface area (Å²) in [7, 11) is 1.65. The van der Waals surface area contributed by atoms with Crippen LogP contribution in [-0.4, -0.2) is 29.5 Å². The first-order valence-electron chi connectivity index (χ1n) is 7.42. The first kappa shape index (κ1) is 17.4. The van der Waals surface area contributed by atoms with Crippen molar-refractivity contribution in [2.45, 2.75) is 26.4 Å². The van der Waals surface area contributed by atoms with Gasteiger partial charge in [0.25, 0.3) is 0 Å². The Morgan fingerprint density at radius 2 is 2.04 bits per heavy atom. The summed E-state index contributed by atoms with van der Waals surface area (Å²) in [6, 6.07) is 9.62. The Morgan fingerprint density at radius 1 is 1.35 bits per heavy atom. The number of rotatable bonds is 6. The van der Waals surface area contributed by atoms with Gasteiger partial charge in [-0.05, 0) is 37.6 Å². The SMILES string of the molecule is COc1ccc(CC(C)=NC[C@H](O)c2cc(Cl)cnc2C)cc1. The van der Waals surface area contributed by atoms with Crippen molar-refractivity contribution < 1.29 is 9.84 Å². The summed E-state index contributed by atoms with van der Waals surface area (Å²) in [6.45, 7) is 4.10. The number of nitrogens with zero attached hydrogens (tertiary/aromatic N) is 2. The second-order valence-corrected chi connectivity index (χ2v) is 5.88. The highest BCUT2D eigenvalue weighted by Crippen LogP contribution is 2.20. The highest BCUT2D eigenvalue weighted by molar-refractivity contribution is 6.30. The van der Waals surface area contributed by atoms with Crippen LogP contribution in [0.15, 0.2) is 41.5 Å². The molecule has 0 aliphatic carbocycles. The van der Waals surface area contributed by atoms with E-state index in [9.17, 15) is 5.11 Å². The van der Waals surface area contributed by atoms with Crippen molar-refractivity contribution in [3.05, 3.63) is 58.4 Å². The van der Waals surface area contributed by atoms with E-state index in [4.69, 9.17) is 16.3 Å². The topological polar surface area (TPSA) is 54.7 Å². The predicted octanol–water partition coefficient (Wildman–Crippen LogP) is 3.79. The molecule has 1 aromatic carbocycles. The molecule has 5 heteroatoms. The molecule has 0 amide bonds. The van der Waals surface area contributed by atoms with Crippen LogP contribution in [0.4, 0.5) is 0 Å². The molecule has 23 heavy (non-hydrogen) atoms. The van der Waals surface area contributed by atoms with Crippen molar-refractivity contribution in [2.24, 2.45) is 4.99 Å². The summed E-state index contributed by atoms with van der Waals surface area (Å²) in [5, 5.41) is 10.8. The normalized spacial score (nSPS) is 13.0. The van der Waals surface area contributed by atoms with Crippen LogP contribution in [0.25, 0.3) is 0 Å². The Morgan fingerprint density at radius 3 is 2.70 bits per heavy atom. The molecule has 4 nitrogen and oxygen atoms in total. The van der Waals surface area contributed by atoms with Crippen molar-refractivity contribution in [1.82, 2.24) is 4.98 Å². The van der Waals surface area contributed by atoms with E-state index in [1.807, 2.05) is 38.1 Å². The van der Waals surface area contributed by atoms with E-state index in [1.165, 1.54) is 0 Å². The summed E-state index contributed by atoms with van der Waals surface area (Å²) >= 11 is 5.94. The number of hydrogen-bond acceptors (Lipinski definition) is 4. The molecule has 1 N–H and O–H groups in total. The Kier molecular flexibility index (Phi) is 6.13. The Labute approximate surface area is 141 Å². The molecule has 0 spiro atoms. The highest BCUT2D eigenvalue weighted by atomic mass is 35.5. The Hall–Kier alpha value is -1.91. The molecule has 1 heterocycles. The van der Waals surface area contributed by atoms with Gasteiger partial charge < -0.3 is 9.84 Å². The van der Waals surface area contributed by atoms with Gasteiger partial charge in [-0.1, -0.05) is 23.7 Å². The largest absolute Gasteiger partial charge is 0.497 e. The monoisotopic (exact) mass is 332 g/mol. The van der Waals surface area contributed by atoms with Gasteiger partial charge in [-0.2, -0.15) is 0 Å². The lowest BCUT2D eigenvalue weighted by Gasteiger charge is -2.12. The average molecular weight is 333 g/mol. The fourth-order valence-corrected chi connectivity index (χ4v) is 2.46. The van der Waals surface area contributed by atoms with Crippen LogP contribution in [0.1, 0.15) is 29.8 Å². The van der Waals surface area contributed by atoms with Crippen LogP contribution in [0.2, 0.25) is 5.02 Å². The number of pyridine rings is 1. The van der Waals surface area contributed by atoms with Gasteiger partial charge >= 0.3 is 0 Å². The van der Waals surface area contributed by atoms with E-state index >= 15 is 0 Å². The lowest BCUT2D eigenvalue weighted by Crippen LogP contribution is -2.08. The van der Waals surface area contributed by atoms with Crippen molar-refractivity contribution in [1.29, 1.82) is 0 Å². The fraction of sp³-hybridized carbons (Fsp3) is 0.333. The standard InChI is InChI=1S/C18H21ClN2O2/c1-12(8-14-4-6-16(23-3)7-5-14)20-11-18(22)17-9-15(19)10-21-13(17)2/h4-7,9-10,18,22H,8,11H2,1-3H3/t18-/m0/s1. The molecule has 0 unspecified atom stereocenters. The summed E-state index contributed by atoms with van der Waals surface area (Å²) in [6.07, 6.45) is 1.61. The van der Waals surface area contributed by atoms with Gasteiger partial charge in [0.15, 0.2) is 0 Å². The molecule has 0 aliphatic heterocycles. The molecule has 0 aliphatic rings. The minimum atomic E-state index is -0.702. The molecular formula is C18H21ClN2O2. The van der Waals surface area contributed by atoms with Crippen molar-refractivity contribution in [3.63, 3.8) is 0 Å². The maximum absolute atomic E-state index is 10.3. The van der Waals surface area contributed by atoms with Crippen LogP contribution in [0.5, 0.6) is 5.75 Å². The number of halogens is 1. The number of hydrogen-bond donors (Lipinski definition) is 1. The molecule has 122 valence electrons. The maximum Gasteiger partial charge on any atom is 0.118 e. The second-order valence-electron chi connectivity index (χ2n) is 5.44. The average Bonchev–Trinajstić information content (AvgIpc) is 2.55. The first-order chi connectivity index (χ1) is 11.0. The number of benzene rings is 1. The van der Waals surface area contributed by atoms with Crippen LogP contribution in [0, 0.1) is 6.92 Å². The highest BCUT2D eigenvalue weighted by Gasteiger charge is 2.11. The van der Waals surface area contributed by atoms with Gasteiger partial charge in [0.1, 0.15) is 11.9 Å². The Bertz CT molecular complexity index is 684. The van der Waals surface area contributed by atoms with Gasteiger partial charge in [-0.3, -0.25) is 9.98 Å². The minimum Gasteiger partial charge on any atom is -0.497 e. The number of aliphatic imine (C=N–C) groups is 1. The second kappa shape index (κ2) is 8.09. The molecule has 0 saturated heterocycles. The van der Waals surface area contributed by atoms with Crippen LogP contribution >= 0.6 is 11.6 Å². The van der Waals surface area contributed by atoms with E-state index in [-0.39, 0.29) is 0 Å². The summed E-state index contributed by atoms with van der Waals surface area (Å²) in [5.74, 6) is 0.836. The van der Waals surface area contributed by atoms with E-state index in [1.54, 1.807) is 19.4 Å². The Balaban J connectivity index is 1.99. The van der Waals surface area contributed by atoms with E-state index in [0.29, 0.717) is 11.6 Å². The number of aryl methyl sites for hydroxylation is 1. The molecule has 0 bridgehead atoms. The van der Waals surface area contributed by atoms with Gasteiger partial charge in [0, 0.05) is 29.6 Å². The van der Waals surface area contributed by atoms with Crippen molar-refractivity contribution >= 4 is 17.3 Å². The van der Waals surface area contributed by atoms with Crippen molar-refractivity contribution in [2.75, 3.05) is 13.7 Å². The van der Waals surface area contributed by atoms with Crippen LogP contribution in [-0.2, 0) is 6.42 Å². The number of methoxy groups -OCH3 is 1. The molecule has 0 saturated carbocycles. The van der Waals surface area contributed by atoms with E-state index in [2.05, 4.69) is 9.98 Å².